The molecule has 0 fully saturated rings. The Hall–Kier alpha value is -2.67. The van der Waals surface area contributed by atoms with Gasteiger partial charge in [-0.3, -0.25) is 4.79 Å². The number of carbonyl (C=O) groups is 1. The van der Waals surface area contributed by atoms with Crippen LogP contribution in [0, 0.1) is 0 Å². The summed E-state index contributed by atoms with van der Waals surface area (Å²) in [6, 6.07) is 12.1. The second-order valence-corrected chi connectivity index (χ2v) is 7.60. The number of H-pyrrole nitrogens is 1. The summed E-state index contributed by atoms with van der Waals surface area (Å²) < 4.78 is 23.5. The van der Waals surface area contributed by atoms with Gasteiger partial charge < -0.3 is 10.3 Å². The number of sulfone groups is 1. The van der Waals surface area contributed by atoms with Crippen LogP contribution in [0.2, 0.25) is 0 Å². The molecule has 0 saturated carbocycles. The van der Waals surface area contributed by atoms with Crippen LogP contribution in [-0.2, 0) is 14.6 Å². The van der Waals surface area contributed by atoms with Crippen LogP contribution in [0.4, 0.5) is 5.69 Å². The lowest BCUT2D eigenvalue weighted by atomic mass is 10.0. The second-order valence-electron chi connectivity index (χ2n) is 5.58. The van der Waals surface area contributed by atoms with Gasteiger partial charge in [0.25, 0.3) is 0 Å². The monoisotopic (exact) mass is 327 g/mol. The molecular weight excluding hydrogens is 314 g/mol. The number of carbonyl (C=O) groups excluding carboxylic acids is 1. The minimum Gasteiger partial charge on any atom is -0.341 e. The van der Waals surface area contributed by atoms with Gasteiger partial charge >= 0.3 is 0 Å². The van der Waals surface area contributed by atoms with E-state index in [0.717, 1.165) is 17.3 Å². The molecule has 6 nitrogen and oxygen atoms in total. The Morgan fingerprint density at radius 1 is 1.13 bits per heavy atom. The van der Waals surface area contributed by atoms with Crippen LogP contribution in [0.15, 0.2) is 47.4 Å². The lowest BCUT2D eigenvalue weighted by Crippen LogP contribution is -2.14. The highest BCUT2D eigenvalue weighted by molar-refractivity contribution is 7.90. The average molecular weight is 327 g/mol. The van der Waals surface area contributed by atoms with Crippen LogP contribution in [0.25, 0.3) is 11.0 Å². The van der Waals surface area contributed by atoms with Crippen molar-refractivity contribution < 1.29 is 13.2 Å². The maximum absolute atomic E-state index is 12.3. The summed E-state index contributed by atoms with van der Waals surface area (Å²) in [5.41, 5.74) is 2.84. The number of benzene rings is 2. The maximum atomic E-state index is 12.3. The molecule has 7 heteroatoms. The zero-order valence-electron chi connectivity index (χ0n) is 12.2. The summed E-state index contributed by atoms with van der Waals surface area (Å²) in [5.74, 6) is -0.350. The fourth-order valence-electron chi connectivity index (χ4n) is 2.85. The summed E-state index contributed by atoms with van der Waals surface area (Å²) in [6.07, 6.45) is 1.15. The van der Waals surface area contributed by atoms with Gasteiger partial charge in [0.1, 0.15) is 11.7 Å². The van der Waals surface area contributed by atoms with Gasteiger partial charge in [-0.25, -0.2) is 13.4 Å². The van der Waals surface area contributed by atoms with Crippen molar-refractivity contribution in [2.75, 3.05) is 11.6 Å². The second kappa shape index (κ2) is 4.66. The molecule has 2 aromatic carbocycles. The number of para-hydroxylation sites is 2. The van der Waals surface area contributed by atoms with E-state index in [9.17, 15) is 13.2 Å². The number of hydrogen-bond donors (Lipinski definition) is 2. The molecule has 1 aliphatic rings. The molecule has 116 valence electrons. The Morgan fingerprint density at radius 2 is 1.91 bits per heavy atom. The van der Waals surface area contributed by atoms with Crippen molar-refractivity contribution in [1.29, 1.82) is 0 Å². The van der Waals surface area contributed by atoms with E-state index in [1.807, 2.05) is 24.3 Å². The van der Waals surface area contributed by atoms with Gasteiger partial charge in [-0.05, 0) is 35.9 Å². The molecule has 1 aromatic heterocycles. The van der Waals surface area contributed by atoms with Gasteiger partial charge in [0.05, 0.1) is 15.9 Å². The summed E-state index contributed by atoms with van der Waals surface area (Å²) in [5, 5.41) is 2.78. The smallest absolute Gasteiger partial charge is 0.239 e. The minimum absolute atomic E-state index is 0.189. The molecule has 3 aromatic rings. The van der Waals surface area contributed by atoms with Crippen LogP contribution in [0.5, 0.6) is 0 Å². The Kier molecular flexibility index (Phi) is 2.83. The van der Waals surface area contributed by atoms with Gasteiger partial charge in [0, 0.05) is 11.9 Å². The molecule has 0 bridgehead atoms. The first-order valence-electron chi connectivity index (χ1n) is 7.03. The first-order valence-corrected chi connectivity index (χ1v) is 8.92. The number of anilines is 1. The number of fused-ring (bicyclic) bond motifs is 2. The standard InChI is InChI=1S/C16H13N3O3S/c1-23(21,22)9-6-7-11-10(8-9)14(16(20)19-11)15-17-12-4-2-3-5-13(12)18-15/h2-8,14H,1H3,(H,17,18)(H,19,20). The van der Waals surface area contributed by atoms with E-state index in [1.165, 1.54) is 6.07 Å². The predicted octanol–water partition coefficient (Wildman–Crippen LogP) is 2.05. The van der Waals surface area contributed by atoms with E-state index < -0.39 is 15.8 Å². The third-order valence-electron chi connectivity index (χ3n) is 3.96. The number of aromatic nitrogens is 2. The van der Waals surface area contributed by atoms with Crippen molar-refractivity contribution in [2.45, 2.75) is 10.8 Å². The van der Waals surface area contributed by atoms with Crippen molar-refractivity contribution in [3.63, 3.8) is 0 Å². The van der Waals surface area contributed by atoms with E-state index >= 15 is 0 Å². The number of amides is 1. The molecule has 23 heavy (non-hydrogen) atoms. The zero-order valence-corrected chi connectivity index (χ0v) is 13.0. The van der Waals surface area contributed by atoms with E-state index in [0.29, 0.717) is 17.1 Å². The lowest BCUT2D eigenvalue weighted by molar-refractivity contribution is -0.116. The molecule has 1 atom stereocenters. The Morgan fingerprint density at radius 3 is 2.65 bits per heavy atom. The van der Waals surface area contributed by atoms with Gasteiger partial charge in [0.2, 0.25) is 5.91 Å². The normalized spacial score (nSPS) is 17.3. The molecule has 0 saturated heterocycles. The fraction of sp³-hybridized carbons (Fsp3) is 0.125. The van der Waals surface area contributed by atoms with E-state index in [-0.39, 0.29) is 10.8 Å². The molecule has 1 unspecified atom stereocenters. The van der Waals surface area contributed by atoms with Crippen molar-refractivity contribution in [2.24, 2.45) is 0 Å². The highest BCUT2D eigenvalue weighted by Gasteiger charge is 2.35. The fourth-order valence-corrected chi connectivity index (χ4v) is 3.51. The molecule has 2 N–H and O–H groups in total. The molecule has 4 rings (SSSR count). The number of nitrogens with zero attached hydrogens (tertiary/aromatic N) is 1. The molecule has 2 heterocycles. The molecular formula is C16H13N3O3S. The first-order chi connectivity index (χ1) is 10.9. The molecule has 0 aliphatic carbocycles. The van der Waals surface area contributed by atoms with Crippen molar-refractivity contribution >= 4 is 32.5 Å². The van der Waals surface area contributed by atoms with Crippen molar-refractivity contribution in [1.82, 2.24) is 9.97 Å². The van der Waals surface area contributed by atoms with Gasteiger partial charge in [-0.15, -0.1) is 0 Å². The SMILES string of the molecule is CS(=O)(=O)c1ccc2c(c1)C(c1nc3ccccc3[nH]1)C(=O)N2. The third kappa shape index (κ3) is 2.20. The largest absolute Gasteiger partial charge is 0.341 e. The Bertz CT molecular complexity index is 1020. The Labute approximate surface area is 132 Å². The third-order valence-corrected chi connectivity index (χ3v) is 5.07. The average Bonchev–Trinajstić information content (AvgIpc) is 3.04. The summed E-state index contributed by atoms with van der Waals surface area (Å²) >= 11 is 0. The Balaban J connectivity index is 1.89. The molecule has 0 radical (unpaired) electrons. The van der Waals surface area contributed by atoms with Gasteiger partial charge in [-0.2, -0.15) is 0 Å². The highest BCUT2D eigenvalue weighted by atomic mass is 32.2. The van der Waals surface area contributed by atoms with Crippen LogP contribution >= 0.6 is 0 Å². The van der Waals surface area contributed by atoms with Crippen LogP contribution in [-0.4, -0.2) is 30.5 Å². The topological polar surface area (TPSA) is 91.9 Å². The first kappa shape index (κ1) is 14.0. The number of aromatic amines is 1. The van der Waals surface area contributed by atoms with Crippen LogP contribution in [0.3, 0.4) is 0 Å². The van der Waals surface area contributed by atoms with E-state index in [4.69, 9.17) is 0 Å². The summed E-state index contributed by atoms with van der Waals surface area (Å²) in [7, 11) is -3.34. The van der Waals surface area contributed by atoms with Gasteiger partial charge in [-0.1, -0.05) is 12.1 Å². The summed E-state index contributed by atoms with van der Waals surface area (Å²) in [6.45, 7) is 0. The molecule has 1 aliphatic heterocycles. The number of rotatable bonds is 2. The lowest BCUT2D eigenvalue weighted by Gasteiger charge is -2.07. The number of hydrogen-bond acceptors (Lipinski definition) is 4. The van der Waals surface area contributed by atoms with Crippen LogP contribution in [0.1, 0.15) is 17.3 Å². The number of imidazole rings is 1. The molecule has 0 spiro atoms. The van der Waals surface area contributed by atoms with Crippen molar-refractivity contribution in [3.8, 4) is 0 Å². The quantitative estimate of drug-likeness (QED) is 0.753. The number of nitrogens with one attached hydrogen (secondary N) is 2. The van der Waals surface area contributed by atoms with Gasteiger partial charge in [0.15, 0.2) is 9.84 Å². The zero-order chi connectivity index (χ0) is 16.2. The predicted molar refractivity (Wildman–Crippen MR) is 86.1 cm³/mol. The minimum atomic E-state index is -3.34. The molecule has 1 amide bonds. The maximum Gasteiger partial charge on any atom is 0.239 e. The van der Waals surface area contributed by atoms with E-state index in [2.05, 4.69) is 15.3 Å². The van der Waals surface area contributed by atoms with Crippen LogP contribution < -0.4 is 5.32 Å². The van der Waals surface area contributed by atoms with Crippen molar-refractivity contribution in [3.05, 3.63) is 53.9 Å². The highest BCUT2D eigenvalue weighted by Crippen LogP contribution is 2.37. The van der Waals surface area contributed by atoms with E-state index in [1.54, 1.807) is 12.1 Å². The summed E-state index contributed by atoms with van der Waals surface area (Å²) in [4.78, 5) is 20.2.